The molecular formula is C12H14N2O3. The van der Waals surface area contributed by atoms with E-state index in [1.807, 2.05) is 35.8 Å². The highest BCUT2D eigenvalue weighted by Crippen LogP contribution is 2.16. The van der Waals surface area contributed by atoms with Crippen LogP contribution in [0.25, 0.3) is 11.0 Å². The number of carbonyl (C=O) groups is 1. The van der Waals surface area contributed by atoms with Crippen molar-refractivity contribution in [3.8, 4) is 0 Å². The van der Waals surface area contributed by atoms with Crippen LogP contribution in [0.5, 0.6) is 0 Å². The lowest BCUT2D eigenvalue weighted by Gasteiger charge is -2.11. The first-order valence-electron chi connectivity index (χ1n) is 5.39. The van der Waals surface area contributed by atoms with Gasteiger partial charge in [-0.15, -0.1) is 0 Å². The third-order valence-corrected chi connectivity index (χ3v) is 2.65. The van der Waals surface area contributed by atoms with E-state index in [0.29, 0.717) is 0 Å². The Bertz CT molecular complexity index is 548. The molecule has 0 amide bonds. The Kier molecular flexibility index (Phi) is 3.10. The Morgan fingerprint density at radius 3 is 2.88 bits per heavy atom. The molecule has 1 atom stereocenters. The zero-order valence-corrected chi connectivity index (χ0v) is 9.50. The first kappa shape index (κ1) is 11.6. The number of benzene rings is 1. The van der Waals surface area contributed by atoms with Gasteiger partial charge in [-0.3, -0.25) is 4.79 Å². The number of imidazole rings is 1. The predicted molar refractivity (Wildman–Crippen MR) is 62.7 cm³/mol. The van der Waals surface area contributed by atoms with Crippen molar-refractivity contribution in [2.24, 2.45) is 0 Å². The van der Waals surface area contributed by atoms with E-state index in [9.17, 15) is 9.90 Å². The number of aryl methyl sites for hydroxylation is 1. The molecule has 5 heteroatoms. The van der Waals surface area contributed by atoms with Gasteiger partial charge in [-0.2, -0.15) is 0 Å². The standard InChI is InChI=1S/C12H14N2O3/c1-8-13-10-4-2-3-5-11(10)14(8)7-9(15)6-12(16)17/h2-5,9,15H,6-7H2,1H3,(H,16,17). The zero-order valence-electron chi connectivity index (χ0n) is 9.50. The van der Waals surface area contributed by atoms with Gasteiger partial charge >= 0.3 is 5.97 Å². The maximum absolute atomic E-state index is 10.5. The maximum Gasteiger partial charge on any atom is 0.306 e. The lowest BCUT2D eigenvalue weighted by Crippen LogP contribution is -2.20. The Morgan fingerprint density at radius 1 is 1.47 bits per heavy atom. The second-order valence-electron chi connectivity index (χ2n) is 4.01. The average molecular weight is 234 g/mol. The zero-order chi connectivity index (χ0) is 12.4. The van der Waals surface area contributed by atoms with Gasteiger partial charge in [0.05, 0.1) is 30.1 Å². The summed E-state index contributed by atoms with van der Waals surface area (Å²) >= 11 is 0. The largest absolute Gasteiger partial charge is 0.481 e. The number of para-hydroxylation sites is 2. The Morgan fingerprint density at radius 2 is 2.18 bits per heavy atom. The SMILES string of the molecule is Cc1nc2ccccc2n1CC(O)CC(=O)O. The van der Waals surface area contributed by atoms with Crippen LogP contribution in [0.1, 0.15) is 12.2 Å². The second kappa shape index (κ2) is 4.55. The third kappa shape index (κ3) is 2.45. The summed E-state index contributed by atoms with van der Waals surface area (Å²) in [6, 6.07) is 7.58. The number of rotatable bonds is 4. The number of hydrogen-bond acceptors (Lipinski definition) is 3. The molecule has 0 fully saturated rings. The van der Waals surface area contributed by atoms with E-state index in [2.05, 4.69) is 4.98 Å². The van der Waals surface area contributed by atoms with Crippen molar-refractivity contribution in [3.05, 3.63) is 30.1 Å². The van der Waals surface area contributed by atoms with E-state index >= 15 is 0 Å². The second-order valence-corrected chi connectivity index (χ2v) is 4.01. The summed E-state index contributed by atoms with van der Waals surface area (Å²) in [5.41, 5.74) is 1.77. The van der Waals surface area contributed by atoms with Crippen LogP contribution in [0.4, 0.5) is 0 Å². The summed E-state index contributed by atoms with van der Waals surface area (Å²) in [6.07, 6.45) is -1.16. The molecule has 0 aliphatic carbocycles. The molecule has 0 radical (unpaired) electrons. The highest BCUT2D eigenvalue weighted by Gasteiger charge is 2.13. The smallest absolute Gasteiger partial charge is 0.306 e. The van der Waals surface area contributed by atoms with Gasteiger partial charge in [-0.25, -0.2) is 4.98 Å². The first-order valence-corrected chi connectivity index (χ1v) is 5.39. The van der Waals surface area contributed by atoms with E-state index in [4.69, 9.17) is 5.11 Å². The number of aliphatic hydroxyl groups excluding tert-OH is 1. The summed E-state index contributed by atoms with van der Waals surface area (Å²) in [4.78, 5) is 14.9. The fourth-order valence-corrected chi connectivity index (χ4v) is 1.90. The van der Waals surface area contributed by atoms with Gasteiger partial charge in [0.2, 0.25) is 0 Å². The van der Waals surface area contributed by atoms with Crippen molar-refractivity contribution in [1.82, 2.24) is 9.55 Å². The highest BCUT2D eigenvalue weighted by atomic mass is 16.4. The molecule has 1 heterocycles. The Balaban J connectivity index is 2.29. The van der Waals surface area contributed by atoms with Crippen molar-refractivity contribution in [2.75, 3.05) is 0 Å². The van der Waals surface area contributed by atoms with Crippen LogP contribution in [0.3, 0.4) is 0 Å². The summed E-state index contributed by atoms with van der Waals surface area (Å²) < 4.78 is 1.84. The predicted octanol–water partition coefficient (Wildman–Crippen LogP) is 1.18. The minimum atomic E-state index is -1.00. The molecule has 1 aromatic heterocycles. The molecule has 2 N–H and O–H groups in total. The number of carboxylic acids is 1. The van der Waals surface area contributed by atoms with Crippen LogP contribution >= 0.6 is 0 Å². The molecule has 2 rings (SSSR count). The van der Waals surface area contributed by atoms with Crippen LogP contribution in [-0.2, 0) is 11.3 Å². The van der Waals surface area contributed by atoms with Crippen LogP contribution in [0.2, 0.25) is 0 Å². The number of hydrogen-bond donors (Lipinski definition) is 2. The Labute approximate surface area is 98.3 Å². The summed E-state index contributed by atoms with van der Waals surface area (Å²) in [5, 5.41) is 18.3. The van der Waals surface area contributed by atoms with Crippen molar-refractivity contribution in [2.45, 2.75) is 26.0 Å². The third-order valence-electron chi connectivity index (χ3n) is 2.65. The quantitative estimate of drug-likeness (QED) is 0.833. The number of aliphatic carboxylic acids is 1. The number of aromatic nitrogens is 2. The van der Waals surface area contributed by atoms with E-state index < -0.39 is 12.1 Å². The average Bonchev–Trinajstić information content (AvgIpc) is 2.55. The number of nitrogens with zero attached hydrogens (tertiary/aromatic N) is 2. The first-order chi connectivity index (χ1) is 8.08. The number of carboxylic acid groups (broad SMARTS) is 1. The van der Waals surface area contributed by atoms with Gasteiger partial charge in [0.25, 0.3) is 0 Å². The Hall–Kier alpha value is -1.88. The molecule has 2 aromatic rings. The molecule has 0 spiro atoms. The molecule has 17 heavy (non-hydrogen) atoms. The molecule has 0 saturated heterocycles. The van der Waals surface area contributed by atoms with Crippen molar-refractivity contribution in [1.29, 1.82) is 0 Å². The van der Waals surface area contributed by atoms with Gasteiger partial charge in [-0.1, -0.05) is 12.1 Å². The maximum atomic E-state index is 10.5. The highest BCUT2D eigenvalue weighted by molar-refractivity contribution is 5.75. The topological polar surface area (TPSA) is 75.3 Å². The molecule has 0 bridgehead atoms. The molecule has 1 unspecified atom stereocenters. The summed E-state index contributed by atoms with van der Waals surface area (Å²) in [6.45, 7) is 2.09. The lowest BCUT2D eigenvalue weighted by atomic mass is 10.2. The number of fused-ring (bicyclic) bond motifs is 1. The fourth-order valence-electron chi connectivity index (χ4n) is 1.90. The molecular weight excluding hydrogens is 220 g/mol. The molecule has 0 saturated carbocycles. The normalized spacial score (nSPS) is 12.8. The minimum Gasteiger partial charge on any atom is -0.481 e. The van der Waals surface area contributed by atoms with Crippen LogP contribution in [0.15, 0.2) is 24.3 Å². The van der Waals surface area contributed by atoms with Crippen molar-refractivity contribution in [3.63, 3.8) is 0 Å². The van der Waals surface area contributed by atoms with Gasteiger partial charge in [0.15, 0.2) is 0 Å². The van der Waals surface area contributed by atoms with Gasteiger partial charge in [-0.05, 0) is 19.1 Å². The van der Waals surface area contributed by atoms with Crippen molar-refractivity contribution < 1.29 is 15.0 Å². The molecule has 0 aliphatic rings. The van der Waals surface area contributed by atoms with Gasteiger partial charge < -0.3 is 14.8 Å². The van der Waals surface area contributed by atoms with E-state index in [1.165, 1.54) is 0 Å². The summed E-state index contributed by atoms with van der Waals surface area (Å²) in [7, 11) is 0. The molecule has 1 aromatic carbocycles. The van der Waals surface area contributed by atoms with E-state index in [0.717, 1.165) is 16.9 Å². The fraction of sp³-hybridized carbons (Fsp3) is 0.333. The van der Waals surface area contributed by atoms with Gasteiger partial charge in [0, 0.05) is 0 Å². The van der Waals surface area contributed by atoms with Crippen LogP contribution in [0, 0.1) is 6.92 Å². The molecule has 5 nitrogen and oxygen atoms in total. The number of aliphatic hydroxyl groups is 1. The van der Waals surface area contributed by atoms with E-state index in [1.54, 1.807) is 0 Å². The van der Waals surface area contributed by atoms with Crippen LogP contribution < -0.4 is 0 Å². The summed E-state index contributed by atoms with van der Waals surface area (Å²) in [5.74, 6) is -0.227. The monoisotopic (exact) mass is 234 g/mol. The van der Waals surface area contributed by atoms with Crippen LogP contribution in [-0.4, -0.2) is 31.8 Å². The van der Waals surface area contributed by atoms with Crippen molar-refractivity contribution >= 4 is 17.0 Å². The molecule has 0 aliphatic heterocycles. The minimum absolute atomic E-state index is 0.249. The van der Waals surface area contributed by atoms with Gasteiger partial charge in [0.1, 0.15) is 5.82 Å². The lowest BCUT2D eigenvalue weighted by molar-refractivity contribution is -0.139. The molecule has 90 valence electrons. The van der Waals surface area contributed by atoms with E-state index in [-0.39, 0.29) is 13.0 Å².